The molecule has 0 saturated carbocycles. The monoisotopic (exact) mass is 554 g/mol. The molecule has 6 heteroatoms. The number of rotatable bonds is 11. The van der Waals surface area contributed by atoms with Crippen molar-refractivity contribution in [2.75, 3.05) is 6.61 Å². The molecule has 0 heterocycles. The number of alkyl halides is 3. The minimum absolute atomic E-state index is 0.103. The van der Waals surface area contributed by atoms with Crippen molar-refractivity contribution in [1.82, 2.24) is 0 Å². The van der Waals surface area contributed by atoms with Crippen molar-refractivity contribution in [3.05, 3.63) is 102 Å². The summed E-state index contributed by atoms with van der Waals surface area (Å²) in [7, 11) is 0. The largest absolute Gasteiger partial charge is 0.488 e. The summed E-state index contributed by atoms with van der Waals surface area (Å²) in [6, 6.07) is 28.0. The second kappa shape index (κ2) is 12.5. The number of benzene rings is 3. The standard InChI is InChI=1S/C34H41F3O3/c1-7-25(26-18-20-29(21-19-26)40-31(2,3)4)22-33(27-14-10-8-11-15-27,28-16-12-9-13-17-28)23-32(5,6)30(38)39-24-34(35,36)37/h8-21,25H,7,22-24H2,1-6H3. The molecule has 3 nitrogen and oxygen atoms in total. The van der Waals surface area contributed by atoms with E-state index in [4.69, 9.17) is 9.47 Å². The van der Waals surface area contributed by atoms with E-state index in [1.165, 1.54) is 0 Å². The van der Waals surface area contributed by atoms with Crippen LogP contribution >= 0.6 is 0 Å². The Kier molecular flexibility index (Phi) is 9.76. The lowest BCUT2D eigenvalue weighted by Crippen LogP contribution is -2.40. The van der Waals surface area contributed by atoms with Gasteiger partial charge in [0, 0.05) is 5.41 Å². The maximum absolute atomic E-state index is 13.1. The molecular weight excluding hydrogens is 513 g/mol. The number of ether oxygens (including phenoxy) is 2. The van der Waals surface area contributed by atoms with Gasteiger partial charge in [-0.25, -0.2) is 0 Å². The lowest BCUT2D eigenvalue weighted by atomic mass is 9.61. The number of carbonyl (C=O) groups excluding carboxylic acids is 1. The number of hydrogen-bond donors (Lipinski definition) is 0. The Morgan fingerprint density at radius 2 is 1.27 bits per heavy atom. The molecule has 0 aliphatic carbocycles. The van der Waals surface area contributed by atoms with Crippen LogP contribution in [0.25, 0.3) is 0 Å². The van der Waals surface area contributed by atoms with Gasteiger partial charge in [0.25, 0.3) is 0 Å². The third kappa shape index (κ3) is 8.36. The van der Waals surface area contributed by atoms with Crippen molar-refractivity contribution in [1.29, 1.82) is 0 Å². The van der Waals surface area contributed by atoms with Crippen molar-refractivity contribution < 1.29 is 27.4 Å². The molecule has 0 aliphatic heterocycles. The maximum atomic E-state index is 13.1. The predicted octanol–water partition coefficient (Wildman–Crippen LogP) is 9.26. The summed E-state index contributed by atoms with van der Waals surface area (Å²) < 4.78 is 49.5. The van der Waals surface area contributed by atoms with Gasteiger partial charge in [0.1, 0.15) is 11.4 Å². The average Bonchev–Trinajstić information content (AvgIpc) is 2.90. The van der Waals surface area contributed by atoms with E-state index in [-0.39, 0.29) is 17.9 Å². The van der Waals surface area contributed by atoms with Crippen molar-refractivity contribution in [3.63, 3.8) is 0 Å². The van der Waals surface area contributed by atoms with Gasteiger partial charge >= 0.3 is 12.1 Å². The summed E-state index contributed by atoms with van der Waals surface area (Å²) in [5.41, 5.74) is 0.961. The second-order valence-electron chi connectivity index (χ2n) is 12.2. The van der Waals surface area contributed by atoms with E-state index in [9.17, 15) is 18.0 Å². The number of esters is 1. The van der Waals surface area contributed by atoms with Gasteiger partial charge in [0.15, 0.2) is 6.61 Å². The third-order valence-electron chi connectivity index (χ3n) is 7.18. The Morgan fingerprint density at radius 3 is 1.70 bits per heavy atom. The lowest BCUT2D eigenvalue weighted by Gasteiger charge is -2.42. The lowest BCUT2D eigenvalue weighted by molar-refractivity contribution is -0.193. The van der Waals surface area contributed by atoms with Crippen LogP contribution in [0.2, 0.25) is 0 Å². The first-order chi connectivity index (χ1) is 18.7. The summed E-state index contributed by atoms with van der Waals surface area (Å²) >= 11 is 0. The molecule has 0 bridgehead atoms. The van der Waals surface area contributed by atoms with Crippen LogP contribution in [0.3, 0.4) is 0 Å². The molecule has 0 radical (unpaired) electrons. The number of halogens is 3. The topological polar surface area (TPSA) is 35.5 Å². The summed E-state index contributed by atoms with van der Waals surface area (Å²) in [5.74, 6) is 0.0286. The van der Waals surface area contributed by atoms with Crippen LogP contribution in [0.4, 0.5) is 13.2 Å². The molecule has 0 fully saturated rings. The molecule has 3 aromatic rings. The zero-order valence-electron chi connectivity index (χ0n) is 24.3. The summed E-state index contributed by atoms with van der Waals surface area (Å²) in [6.07, 6.45) is -2.84. The molecule has 1 atom stereocenters. The molecule has 216 valence electrons. The second-order valence-corrected chi connectivity index (χ2v) is 12.2. The van der Waals surface area contributed by atoms with Gasteiger partial charge in [0.05, 0.1) is 5.41 Å². The molecule has 0 saturated heterocycles. The highest BCUT2D eigenvalue weighted by Gasteiger charge is 2.45. The van der Waals surface area contributed by atoms with Crippen LogP contribution in [0, 0.1) is 5.41 Å². The van der Waals surface area contributed by atoms with Crippen LogP contribution in [-0.4, -0.2) is 24.4 Å². The summed E-state index contributed by atoms with van der Waals surface area (Å²) in [4.78, 5) is 13.1. The molecule has 40 heavy (non-hydrogen) atoms. The van der Waals surface area contributed by atoms with Gasteiger partial charge in [-0.3, -0.25) is 4.79 Å². The quantitative estimate of drug-likeness (QED) is 0.222. The summed E-state index contributed by atoms with van der Waals surface area (Å²) in [6.45, 7) is 9.90. The van der Waals surface area contributed by atoms with E-state index in [1.807, 2.05) is 93.6 Å². The minimum Gasteiger partial charge on any atom is -0.488 e. The van der Waals surface area contributed by atoms with Gasteiger partial charge in [-0.05, 0) is 88.6 Å². The van der Waals surface area contributed by atoms with E-state index >= 15 is 0 Å². The Hall–Kier alpha value is -3.28. The molecule has 0 aromatic heterocycles. The van der Waals surface area contributed by atoms with Crippen molar-refractivity contribution in [3.8, 4) is 5.75 Å². The van der Waals surface area contributed by atoms with Gasteiger partial charge in [-0.1, -0.05) is 79.7 Å². The predicted molar refractivity (Wildman–Crippen MR) is 154 cm³/mol. The van der Waals surface area contributed by atoms with Crippen LogP contribution in [-0.2, 0) is 14.9 Å². The molecule has 0 aliphatic rings. The van der Waals surface area contributed by atoms with Gasteiger partial charge in [0.2, 0.25) is 0 Å². The molecule has 0 N–H and O–H groups in total. The molecular formula is C34H41F3O3. The van der Waals surface area contributed by atoms with E-state index < -0.39 is 29.6 Å². The van der Waals surface area contributed by atoms with Crippen LogP contribution in [0.5, 0.6) is 5.75 Å². The first-order valence-corrected chi connectivity index (χ1v) is 13.8. The Morgan fingerprint density at radius 1 is 0.775 bits per heavy atom. The SMILES string of the molecule is CCC(CC(CC(C)(C)C(=O)OCC(F)(F)F)(c1ccccc1)c1ccccc1)c1ccc(OC(C)(C)C)cc1. The van der Waals surface area contributed by atoms with Crippen LogP contribution in [0.15, 0.2) is 84.9 Å². The zero-order valence-corrected chi connectivity index (χ0v) is 24.3. The Labute approximate surface area is 236 Å². The van der Waals surface area contributed by atoms with E-state index in [0.717, 1.165) is 28.9 Å². The van der Waals surface area contributed by atoms with E-state index in [2.05, 4.69) is 19.1 Å². The van der Waals surface area contributed by atoms with Crippen LogP contribution < -0.4 is 4.74 Å². The van der Waals surface area contributed by atoms with Gasteiger partial charge in [-0.2, -0.15) is 13.2 Å². The molecule has 1 unspecified atom stereocenters. The smallest absolute Gasteiger partial charge is 0.422 e. The Bertz CT molecular complexity index is 1170. The van der Waals surface area contributed by atoms with E-state index in [0.29, 0.717) is 6.42 Å². The van der Waals surface area contributed by atoms with Gasteiger partial charge in [-0.15, -0.1) is 0 Å². The van der Waals surface area contributed by atoms with Crippen LogP contribution in [0.1, 0.15) is 83.4 Å². The normalized spacial score (nSPS) is 13.5. The third-order valence-corrected chi connectivity index (χ3v) is 7.18. The van der Waals surface area contributed by atoms with Crippen molar-refractivity contribution in [2.24, 2.45) is 5.41 Å². The van der Waals surface area contributed by atoms with Gasteiger partial charge < -0.3 is 9.47 Å². The number of hydrogen-bond acceptors (Lipinski definition) is 3. The van der Waals surface area contributed by atoms with E-state index in [1.54, 1.807) is 13.8 Å². The highest BCUT2D eigenvalue weighted by molar-refractivity contribution is 5.76. The molecule has 3 aromatic carbocycles. The van der Waals surface area contributed by atoms with Crippen molar-refractivity contribution in [2.45, 2.75) is 83.9 Å². The fourth-order valence-corrected chi connectivity index (χ4v) is 5.44. The fraction of sp³-hybridized carbons (Fsp3) is 0.441. The average molecular weight is 555 g/mol. The summed E-state index contributed by atoms with van der Waals surface area (Å²) in [5, 5.41) is 0. The molecule has 0 amide bonds. The first kappa shape index (κ1) is 31.3. The highest BCUT2D eigenvalue weighted by Crippen LogP contribution is 2.49. The highest BCUT2D eigenvalue weighted by atomic mass is 19.4. The first-order valence-electron chi connectivity index (χ1n) is 13.8. The van der Waals surface area contributed by atoms with Crippen molar-refractivity contribution >= 4 is 5.97 Å². The molecule has 0 spiro atoms. The number of carbonyl (C=O) groups is 1. The minimum atomic E-state index is -4.59. The Balaban J connectivity index is 2.09. The maximum Gasteiger partial charge on any atom is 0.422 e. The molecule has 3 rings (SSSR count). The fourth-order valence-electron chi connectivity index (χ4n) is 5.44. The zero-order chi connectivity index (χ0) is 29.6.